The lowest BCUT2D eigenvalue weighted by atomic mass is 9.90. The zero-order chi connectivity index (χ0) is 44.4. The number of fused-ring (bicyclic) bond motifs is 5. The number of hydrazine groups is 1. The second kappa shape index (κ2) is 16.6. The van der Waals surface area contributed by atoms with Crippen molar-refractivity contribution in [2.24, 2.45) is 27.1 Å². The molecule has 1 saturated carbocycles. The number of halogens is 7. The summed E-state index contributed by atoms with van der Waals surface area (Å²) in [5, 5.41) is 8.40. The number of pyridine rings is 1. The van der Waals surface area contributed by atoms with Gasteiger partial charge in [0.1, 0.15) is 47.8 Å². The maximum Gasteiger partial charge on any atom is 0.293 e. The molecule has 1 amide bonds. The second-order valence-corrected chi connectivity index (χ2v) is 18.4. The number of aliphatic imine (C=N–C) groups is 1. The highest BCUT2D eigenvalue weighted by molar-refractivity contribution is 7.89. The molecule has 2 aromatic heterocycles. The summed E-state index contributed by atoms with van der Waals surface area (Å²) in [7, 11) is -2.26. The Balaban J connectivity index is 1.20. The number of alkyl halides is 4. The third-order valence-corrected chi connectivity index (χ3v) is 12.0. The lowest BCUT2D eigenvalue weighted by molar-refractivity contribution is -0.122. The molecule has 2 aliphatic heterocycles. The van der Waals surface area contributed by atoms with Crippen molar-refractivity contribution in [2.75, 3.05) is 33.1 Å². The Kier molecular flexibility index (Phi) is 11.7. The van der Waals surface area contributed by atoms with Gasteiger partial charge in [-0.2, -0.15) is 18.9 Å². The van der Waals surface area contributed by atoms with Gasteiger partial charge in [0.25, 0.3) is 22.4 Å². The molecule has 1 aromatic carbocycles. The number of carbonyl (C=O) groups excluding carboxylic acids is 1. The van der Waals surface area contributed by atoms with Gasteiger partial charge in [0, 0.05) is 60.0 Å². The zero-order valence-electron chi connectivity index (χ0n) is 33.8. The van der Waals surface area contributed by atoms with Gasteiger partial charge in [-0.05, 0) is 54.2 Å². The first-order valence-electron chi connectivity index (χ1n) is 19.7. The Morgan fingerprint density at radius 1 is 1.13 bits per heavy atom. The van der Waals surface area contributed by atoms with Crippen molar-refractivity contribution in [1.82, 2.24) is 35.4 Å². The molecule has 62 heavy (non-hydrogen) atoms. The standard InChI is InChI=1S/C40H42ClF6N9O5S/c1-19(2)18-60-9-10-61-30-8-5-21-16-55(28-7-6-26(41)32-34(28)54(3)52-38(32)53-62(4,58)59)39(50-37(21)49-30)27(13-20-11-22(42)14-23(43)12-20)48-29(57)17-56-35-31(33(51-56)36(44)45)24-15-25(24)40(35,46)47/h5-8,11-12,14,19,24-25,27,32,34,36H,9-10,13,15-18H2,1-4H3,(H,48,57)(H,52,53)/t24-,25+,27-,32?,34?/m0/s1. The molecule has 0 radical (unpaired) electrons. The minimum atomic E-state index is -3.90. The monoisotopic (exact) mass is 909 g/mol. The fourth-order valence-electron chi connectivity index (χ4n) is 8.54. The number of ether oxygens (including phenoxy) is 2. The summed E-state index contributed by atoms with van der Waals surface area (Å²) in [6.45, 7) is 4.11. The van der Waals surface area contributed by atoms with Crippen molar-refractivity contribution in [3.05, 3.63) is 92.9 Å². The molecule has 3 aliphatic carbocycles. The lowest BCUT2D eigenvalue weighted by Gasteiger charge is -2.41. The number of amidine groups is 2. The molecule has 5 atom stereocenters. The molecule has 2 unspecified atom stereocenters. The van der Waals surface area contributed by atoms with E-state index in [1.54, 1.807) is 41.2 Å². The molecule has 4 heterocycles. The molecule has 2 fully saturated rings. The molecule has 22 heteroatoms. The van der Waals surface area contributed by atoms with Crippen LogP contribution in [0.1, 0.15) is 60.7 Å². The fourth-order valence-corrected chi connectivity index (χ4v) is 9.33. The van der Waals surface area contributed by atoms with Crippen LogP contribution in [-0.4, -0.2) is 95.9 Å². The topological polar surface area (TPSA) is 156 Å². The third-order valence-electron chi connectivity index (χ3n) is 11.1. The van der Waals surface area contributed by atoms with E-state index in [1.165, 1.54) is 0 Å². The van der Waals surface area contributed by atoms with Crippen LogP contribution in [0.4, 0.5) is 32.2 Å². The molecule has 332 valence electrons. The Bertz CT molecular complexity index is 2510. The molecule has 1 saturated heterocycles. The predicted octanol–water partition coefficient (Wildman–Crippen LogP) is 5.84. The molecule has 0 spiro atoms. The number of rotatable bonds is 15. The number of carbonyl (C=O) groups is 1. The van der Waals surface area contributed by atoms with E-state index in [4.69, 9.17) is 26.1 Å². The fraction of sp³-hybridized carbons (Fsp3) is 0.475. The number of hydrogen-bond donors (Lipinski definition) is 2. The van der Waals surface area contributed by atoms with Gasteiger partial charge in [-0.15, -0.1) is 4.40 Å². The van der Waals surface area contributed by atoms with Crippen LogP contribution in [0.15, 0.2) is 62.6 Å². The van der Waals surface area contributed by atoms with Crippen LogP contribution in [0.25, 0.3) is 0 Å². The number of benzene rings is 1. The second-order valence-electron chi connectivity index (χ2n) is 16.3. The SMILES string of the molecule is CC(C)COCCOc1ccc2c(n1)N=C([C@H](Cc1cc(F)cc(F)c1)NC(=O)Cn1nc(C(F)F)c3c1C(F)(F)[C@@H]1C[C@H]31)N(C1=CC=C(Cl)C3C(=NS(C)(=O)=O)NN(C)C13)C2. The Hall–Kier alpha value is -4.99. The van der Waals surface area contributed by atoms with E-state index >= 15 is 8.78 Å². The van der Waals surface area contributed by atoms with E-state index in [0.717, 1.165) is 18.4 Å². The van der Waals surface area contributed by atoms with Gasteiger partial charge in [-0.3, -0.25) is 9.48 Å². The summed E-state index contributed by atoms with van der Waals surface area (Å²) >= 11 is 6.72. The van der Waals surface area contributed by atoms with E-state index < -0.39 is 87.7 Å². The number of allylic oxidation sites excluding steroid dienone is 2. The molecule has 0 bridgehead atoms. The molecule has 8 rings (SSSR count). The molecular formula is C40H42ClF6N9O5S. The van der Waals surface area contributed by atoms with Crippen LogP contribution in [0.2, 0.25) is 0 Å². The van der Waals surface area contributed by atoms with Crippen LogP contribution in [-0.2, 0) is 45.0 Å². The van der Waals surface area contributed by atoms with Crippen LogP contribution in [0.3, 0.4) is 0 Å². The molecular weight excluding hydrogens is 868 g/mol. The minimum Gasteiger partial charge on any atom is -0.475 e. The highest BCUT2D eigenvalue weighted by Gasteiger charge is 2.67. The van der Waals surface area contributed by atoms with Crippen LogP contribution in [0, 0.1) is 29.4 Å². The van der Waals surface area contributed by atoms with Crippen molar-refractivity contribution in [2.45, 2.75) is 70.1 Å². The van der Waals surface area contributed by atoms with Gasteiger partial charge in [0.2, 0.25) is 11.8 Å². The summed E-state index contributed by atoms with van der Waals surface area (Å²) in [5.41, 5.74) is 2.28. The Morgan fingerprint density at radius 2 is 1.87 bits per heavy atom. The van der Waals surface area contributed by atoms with Crippen molar-refractivity contribution >= 4 is 45.0 Å². The lowest BCUT2D eigenvalue weighted by Crippen LogP contribution is -2.53. The molecule has 5 aliphatic rings. The predicted molar refractivity (Wildman–Crippen MR) is 214 cm³/mol. The Morgan fingerprint density at radius 3 is 2.56 bits per heavy atom. The highest BCUT2D eigenvalue weighted by atomic mass is 35.5. The summed E-state index contributed by atoms with van der Waals surface area (Å²) in [5.74, 6) is -8.32. The smallest absolute Gasteiger partial charge is 0.293 e. The first-order valence-corrected chi connectivity index (χ1v) is 22.0. The molecule has 3 aromatic rings. The van der Waals surface area contributed by atoms with Crippen molar-refractivity contribution in [3.63, 3.8) is 0 Å². The first-order chi connectivity index (χ1) is 29.3. The summed E-state index contributed by atoms with van der Waals surface area (Å²) < 4.78 is 129. The number of hydrogen-bond acceptors (Lipinski definition) is 10. The summed E-state index contributed by atoms with van der Waals surface area (Å²) in [6.07, 6.45) is 0.694. The average molecular weight is 910 g/mol. The van der Waals surface area contributed by atoms with Gasteiger partial charge in [-0.1, -0.05) is 25.4 Å². The van der Waals surface area contributed by atoms with E-state index in [2.05, 4.69) is 25.2 Å². The maximum atomic E-state index is 15.5. The van der Waals surface area contributed by atoms with Gasteiger partial charge in [0.05, 0.1) is 37.4 Å². The Labute approximate surface area is 357 Å². The van der Waals surface area contributed by atoms with Crippen LogP contribution in [0.5, 0.6) is 5.88 Å². The van der Waals surface area contributed by atoms with Crippen molar-refractivity contribution < 1.29 is 49.0 Å². The summed E-state index contributed by atoms with van der Waals surface area (Å²) in [6, 6.07) is 4.11. The number of aromatic nitrogens is 3. The number of likely N-dealkylation sites (N-methyl/N-ethyl adjacent to an activating group) is 1. The van der Waals surface area contributed by atoms with Crippen molar-refractivity contribution in [1.29, 1.82) is 0 Å². The zero-order valence-corrected chi connectivity index (χ0v) is 35.3. The third kappa shape index (κ3) is 8.67. The quantitative estimate of drug-likeness (QED) is 0.140. The van der Waals surface area contributed by atoms with Gasteiger partial charge in [0.15, 0.2) is 5.82 Å². The minimum absolute atomic E-state index is 0.0230. The number of nitrogens with zero attached hydrogens (tertiary/aromatic N) is 7. The largest absolute Gasteiger partial charge is 0.475 e. The summed E-state index contributed by atoms with van der Waals surface area (Å²) in [4.78, 5) is 25.3. The number of nitrogens with one attached hydrogen (secondary N) is 2. The van der Waals surface area contributed by atoms with Gasteiger partial charge >= 0.3 is 0 Å². The van der Waals surface area contributed by atoms with Crippen LogP contribution >= 0.6 is 11.6 Å². The van der Waals surface area contributed by atoms with Gasteiger partial charge < -0.3 is 25.1 Å². The van der Waals surface area contributed by atoms with E-state index in [-0.39, 0.29) is 72.1 Å². The van der Waals surface area contributed by atoms with Crippen LogP contribution < -0.4 is 15.5 Å². The molecule has 14 nitrogen and oxygen atoms in total. The number of sulfonamides is 1. The van der Waals surface area contributed by atoms with Crippen molar-refractivity contribution in [3.8, 4) is 5.88 Å². The first kappa shape index (κ1) is 43.7. The average Bonchev–Trinajstić information content (AvgIpc) is 3.72. The normalized spacial score (nSPS) is 23.6. The van der Waals surface area contributed by atoms with Gasteiger partial charge in [-0.25, -0.2) is 36.0 Å². The highest BCUT2D eigenvalue weighted by Crippen LogP contribution is 2.68. The van der Waals surface area contributed by atoms with E-state index in [1.807, 2.05) is 13.8 Å². The van der Waals surface area contributed by atoms with E-state index in [0.29, 0.717) is 34.5 Å². The number of amides is 1. The maximum absolute atomic E-state index is 15.5. The van der Waals surface area contributed by atoms with E-state index in [9.17, 15) is 30.8 Å². The molecule has 2 N–H and O–H groups in total.